The molecule has 4 aromatic rings. The molecule has 12 nitrogen and oxygen atoms in total. The molecule has 1 N–H and O–H groups in total. The molecule has 4 aliphatic rings. The molecule has 0 spiro atoms. The van der Waals surface area contributed by atoms with Crippen LogP contribution in [0.5, 0.6) is 11.5 Å². The van der Waals surface area contributed by atoms with Crippen LogP contribution in [0.3, 0.4) is 0 Å². The number of ether oxygens (including phenoxy) is 3. The van der Waals surface area contributed by atoms with Crippen molar-refractivity contribution in [3.63, 3.8) is 0 Å². The van der Waals surface area contributed by atoms with Gasteiger partial charge in [-0.2, -0.15) is 0 Å². The van der Waals surface area contributed by atoms with Gasteiger partial charge in [0.1, 0.15) is 11.5 Å². The van der Waals surface area contributed by atoms with E-state index in [2.05, 4.69) is 57.7 Å². The lowest BCUT2D eigenvalue weighted by atomic mass is 9.74. The Kier molecular flexibility index (Phi) is 17.2. The summed E-state index contributed by atoms with van der Waals surface area (Å²) in [6.07, 6.45) is 3.68. The molecule has 14 heteroatoms. The number of nitrogens with zero attached hydrogens (tertiary/aromatic N) is 4. The lowest BCUT2D eigenvalue weighted by molar-refractivity contribution is -0.0634. The number of hydrogen-bond donors (Lipinski definition) is 1. The molecule has 4 heterocycles. The first-order valence-corrected chi connectivity index (χ1v) is 26.8. The highest BCUT2D eigenvalue weighted by Crippen LogP contribution is 2.44. The van der Waals surface area contributed by atoms with Gasteiger partial charge in [-0.25, -0.2) is 25.4 Å². The Balaban J connectivity index is 0.000000199. The summed E-state index contributed by atoms with van der Waals surface area (Å²) in [6.45, 7) is 8.21. The lowest BCUT2D eigenvalue weighted by Crippen LogP contribution is -2.68. The standard InChI is InChI=1S/C27H34N2O4S.C26H32N2O4S/c1-4-34(30,31)28-17-7-8-18-29-24(19-28)27(25(29)20-32-2)23-15-12-21(13-16-23)11-14-22-9-5-6-10-26(22)33-3;1-3-33(30,31)27-16-6-7-17-28-23(18-27)26(24(28)19-29)22-14-11-20(12-15-22)10-13-21-8-4-5-9-25(21)32-2/h5-6,9-10,12-13,15-16,24-25,27H,4,7-8,17-20H2,1-3H3;4-5,8-9,11-12,14-15,23-24,26,29H,3,6-7,16-19H2,1-2H3/t24-,25-,27-;23-,24-,26-/m00/s1. The fourth-order valence-electron chi connectivity index (χ4n) is 10.2. The second-order valence-electron chi connectivity index (χ2n) is 17.5. The van der Waals surface area contributed by atoms with Gasteiger partial charge >= 0.3 is 0 Å². The molecule has 4 aliphatic heterocycles. The van der Waals surface area contributed by atoms with Crippen molar-refractivity contribution in [1.29, 1.82) is 0 Å². The van der Waals surface area contributed by atoms with Crippen LogP contribution in [0.2, 0.25) is 0 Å². The van der Waals surface area contributed by atoms with Gasteiger partial charge < -0.3 is 19.3 Å². The fourth-order valence-corrected chi connectivity index (χ4v) is 12.5. The van der Waals surface area contributed by atoms with Crippen molar-refractivity contribution >= 4 is 20.0 Å². The molecule has 0 saturated carbocycles. The summed E-state index contributed by atoms with van der Waals surface area (Å²) >= 11 is 0. The van der Waals surface area contributed by atoms with Gasteiger partial charge in [-0.1, -0.05) is 72.2 Å². The Morgan fingerprint density at radius 1 is 0.552 bits per heavy atom. The van der Waals surface area contributed by atoms with E-state index in [1.807, 2.05) is 72.8 Å². The molecule has 358 valence electrons. The van der Waals surface area contributed by atoms with Crippen molar-refractivity contribution in [3.8, 4) is 35.2 Å². The first-order chi connectivity index (χ1) is 32.5. The minimum Gasteiger partial charge on any atom is -0.495 e. The Bertz CT molecular complexity index is 2620. The second kappa shape index (κ2) is 23.0. The van der Waals surface area contributed by atoms with Gasteiger partial charge in [0.15, 0.2) is 0 Å². The molecule has 67 heavy (non-hydrogen) atoms. The smallest absolute Gasteiger partial charge is 0.213 e. The molecular formula is C53H66N4O8S2. The molecule has 0 amide bonds. The molecule has 8 rings (SSSR count). The summed E-state index contributed by atoms with van der Waals surface area (Å²) in [5.41, 5.74) is 5.85. The van der Waals surface area contributed by atoms with Crippen molar-refractivity contribution in [2.75, 3.05) is 85.3 Å². The van der Waals surface area contributed by atoms with E-state index in [-0.39, 0.29) is 54.1 Å². The van der Waals surface area contributed by atoms with E-state index in [1.165, 1.54) is 5.56 Å². The van der Waals surface area contributed by atoms with Gasteiger partial charge in [-0.3, -0.25) is 9.80 Å². The number of hydrogen-bond acceptors (Lipinski definition) is 10. The molecule has 4 saturated heterocycles. The number of sulfonamides is 2. The largest absolute Gasteiger partial charge is 0.495 e. The number of fused-ring (bicyclic) bond motifs is 2. The maximum Gasteiger partial charge on any atom is 0.213 e. The first-order valence-electron chi connectivity index (χ1n) is 23.5. The van der Waals surface area contributed by atoms with Crippen molar-refractivity contribution in [2.45, 2.75) is 75.5 Å². The maximum absolute atomic E-state index is 12.7. The second-order valence-corrected chi connectivity index (χ2v) is 22.0. The van der Waals surface area contributed by atoms with Crippen LogP contribution in [-0.2, 0) is 24.8 Å². The molecule has 0 radical (unpaired) electrons. The Morgan fingerprint density at radius 2 is 0.955 bits per heavy atom. The maximum atomic E-state index is 12.7. The Morgan fingerprint density at radius 3 is 1.36 bits per heavy atom. The highest BCUT2D eigenvalue weighted by atomic mass is 32.2. The van der Waals surface area contributed by atoms with Crippen molar-refractivity contribution < 1.29 is 36.2 Å². The SMILES string of the molecule is CCS(=O)(=O)N1CCCCN2[C@@H](CO)[C@@H](c3ccc(C#Cc4ccccc4OC)cc3)[C@@H]2C1.CCS(=O)(=O)N1CCCCN2[C@@H](COC)[C@@H](c3ccc(C#Cc4ccccc4OC)cc3)[C@@H]2C1. The van der Waals surface area contributed by atoms with Crippen LogP contribution in [0.25, 0.3) is 0 Å². The molecule has 0 aliphatic carbocycles. The number of aliphatic hydroxyl groups is 1. The van der Waals surface area contributed by atoms with E-state index >= 15 is 0 Å². The number of para-hydroxylation sites is 2. The van der Waals surface area contributed by atoms with Crippen molar-refractivity contribution in [1.82, 2.24) is 18.4 Å². The third kappa shape index (κ3) is 11.6. The van der Waals surface area contributed by atoms with Crippen LogP contribution >= 0.6 is 0 Å². The molecule has 4 fully saturated rings. The molecular weight excluding hydrogens is 885 g/mol. The van der Waals surface area contributed by atoms with Gasteiger partial charge in [0, 0.05) is 80.4 Å². The summed E-state index contributed by atoms with van der Waals surface area (Å²) in [5.74, 6) is 14.9. The Labute approximate surface area is 399 Å². The average molecular weight is 951 g/mol. The summed E-state index contributed by atoms with van der Waals surface area (Å²) in [7, 11) is -1.44. The van der Waals surface area contributed by atoms with Crippen LogP contribution < -0.4 is 9.47 Å². The quantitative estimate of drug-likeness (QED) is 0.179. The zero-order valence-corrected chi connectivity index (χ0v) is 41.1. The van der Waals surface area contributed by atoms with Crippen LogP contribution in [0.4, 0.5) is 0 Å². The van der Waals surface area contributed by atoms with E-state index < -0.39 is 20.0 Å². The van der Waals surface area contributed by atoms with Gasteiger partial charge in [-0.05, 0) is 112 Å². The average Bonchev–Trinajstić information content (AvgIpc) is 3.33. The van der Waals surface area contributed by atoms with E-state index in [0.717, 1.165) is 78.1 Å². The third-order valence-electron chi connectivity index (χ3n) is 13.8. The Hall–Kier alpha value is -4.74. The van der Waals surface area contributed by atoms with Crippen LogP contribution in [-0.4, -0.2) is 150 Å². The minimum atomic E-state index is -3.24. The number of rotatable bonds is 11. The third-order valence-corrected chi connectivity index (χ3v) is 17.5. The summed E-state index contributed by atoms with van der Waals surface area (Å²) in [4.78, 5) is 4.73. The highest BCUT2D eigenvalue weighted by Gasteiger charge is 2.51. The minimum absolute atomic E-state index is 0.0183. The predicted octanol–water partition coefficient (Wildman–Crippen LogP) is 5.99. The summed E-state index contributed by atoms with van der Waals surface area (Å²) in [5, 5.41) is 10.1. The number of aliphatic hydroxyl groups excluding tert-OH is 1. The molecule has 0 aromatic heterocycles. The number of methoxy groups -OCH3 is 3. The van der Waals surface area contributed by atoms with Crippen molar-refractivity contribution in [3.05, 3.63) is 130 Å². The molecule has 0 bridgehead atoms. The van der Waals surface area contributed by atoms with E-state index in [4.69, 9.17) is 14.2 Å². The monoisotopic (exact) mass is 950 g/mol. The fraction of sp³-hybridized carbons (Fsp3) is 0.472. The van der Waals surface area contributed by atoms with Gasteiger partial charge in [0.2, 0.25) is 20.0 Å². The van der Waals surface area contributed by atoms with E-state index in [9.17, 15) is 21.9 Å². The van der Waals surface area contributed by atoms with Crippen LogP contribution in [0.1, 0.15) is 84.7 Å². The van der Waals surface area contributed by atoms with Gasteiger partial charge in [0.25, 0.3) is 0 Å². The predicted molar refractivity (Wildman–Crippen MR) is 264 cm³/mol. The normalized spacial score (nSPS) is 23.7. The zero-order chi connectivity index (χ0) is 47.6. The summed E-state index contributed by atoms with van der Waals surface area (Å²) < 4.78 is 70.2. The zero-order valence-electron chi connectivity index (χ0n) is 39.5. The van der Waals surface area contributed by atoms with Crippen molar-refractivity contribution in [2.24, 2.45) is 0 Å². The first kappa shape index (κ1) is 50.1. The van der Waals surface area contributed by atoms with Gasteiger partial charge in [0.05, 0.1) is 50.1 Å². The van der Waals surface area contributed by atoms with E-state index in [1.54, 1.807) is 43.8 Å². The molecule has 6 atom stereocenters. The van der Waals surface area contributed by atoms with E-state index in [0.29, 0.717) is 32.8 Å². The topological polar surface area (TPSA) is 129 Å². The molecule has 4 aromatic carbocycles. The lowest BCUT2D eigenvalue weighted by Gasteiger charge is -2.57. The summed E-state index contributed by atoms with van der Waals surface area (Å²) in [6, 6.07) is 32.4. The van der Waals surface area contributed by atoms with Crippen LogP contribution in [0.15, 0.2) is 97.1 Å². The molecule has 0 unspecified atom stereocenters. The van der Waals surface area contributed by atoms with Gasteiger partial charge in [-0.15, -0.1) is 0 Å². The highest BCUT2D eigenvalue weighted by molar-refractivity contribution is 7.89. The number of benzene rings is 4. The van der Waals surface area contributed by atoms with Crippen LogP contribution in [0, 0.1) is 23.7 Å².